The van der Waals surface area contributed by atoms with Crippen molar-refractivity contribution in [2.24, 2.45) is 0 Å². The molecule has 1 heterocycles. The van der Waals surface area contributed by atoms with Crippen LogP contribution in [-0.2, 0) is 22.0 Å². The number of sulfonamides is 1. The molecule has 156 valence electrons. The van der Waals surface area contributed by atoms with Crippen molar-refractivity contribution in [3.05, 3.63) is 47.8 Å². The van der Waals surface area contributed by atoms with E-state index in [-0.39, 0.29) is 10.3 Å². The minimum atomic E-state index is -3.61. The molecule has 0 saturated heterocycles. The third-order valence-electron chi connectivity index (χ3n) is 4.75. The van der Waals surface area contributed by atoms with Crippen LogP contribution < -0.4 is 4.72 Å². The van der Waals surface area contributed by atoms with E-state index in [0.29, 0.717) is 18.8 Å². The minimum absolute atomic E-state index is 0.277. The fraction of sp³-hybridized carbons (Fsp3) is 0.571. The van der Waals surface area contributed by atoms with E-state index in [1.54, 1.807) is 10.9 Å². The van der Waals surface area contributed by atoms with Crippen molar-refractivity contribution in [1.82, 2.24) is 19.4 Å². The number of rotatable bonds is 10. The summed E-state index contributed by atoms with van der Waals surface area (Å²) < 4.78 is 30.4. The summed E-state index contributed by atoms with van der Waals surface area (Å²) >= 11 is 0. The fourth-order valence-corrected chi connectivity index (χ4v) is 4.53. The van der Waals surface area contributed by atoms with E-state index in [4.69, 9.17) is 0 Å². The monoisotopic (exact) mass is 406 g/mol. The maximum atomic E-state index is 13.0. The van der Waals surface area contributed by atoms with Crippen molar-refractivity contribution >= 4 is 10.0 Å². The van der Waals surface area contributed by atoms with Gasteiger partial charge in [-0.25, -0.2) is 13.1 Å². The van der Waals surface area contributed by atoms with Crippen LogP contribution in [0.4, 0.5) is 0 Å². The van der Waals surface area contributed by atoms with Gasteiger partial charge in [-0.3, -0.25) is 4.68 Å². The van der Waals surface area contributed by atoms with Gasteiger partial charge in [-0.1, -0.05) is 65.0 Å². The summed E-state index contributed by atoms with van der Waals surface area (Å²) in [7, 11) is -3.61. The minimum Gasteiger partial charge on any atom is -0.304 e. The van der Waals surface area contributed by atoms with E-state index in [2.05, 4.69) is 28.6 Å². The molecule has 7 heteroatoms. The highest BCUT2D eigenvalue weighted by molar-refractivity contribution is 7.89. The second-order valence-electron chi connectivity index (χ2n) is 8.05. The van der Waals surface area contributed by atoms with E-state index in [1.165, 1.54) is 0 Å². The van der Waals surface area contributed by atoms with E-state index < -0.39 is 10.0 Å². The van der Waals surface area contributed by atoms with Crippen LogP contribution in [0.1, 0.15) is 52.3 Å². The van der Waals surface area contributed by atoms with Crippen molar-refractivity contribution < 1.29 is 8.42 Å². The molecule has 2 rings (SSSR count). The molecule has 0 radical (unpaired) electrons. The van der Waals surface area contributed by atoms with Gasteiger partial charge in [0.2, 0.25) is 10.0 Å². The quantitative estimate of drug-likeness (QED) is 0.615. The molecule has 1 N–H and O–H groups in total. The Morgan fingerprint density at radius 3 is 2.32 bits per heavy atom. The summed E-state index contributed by atoms with van der Waals surface area (Å²) in [4.78, 5) is 2.56. The smallest absolute Gasteiger partial charge is 0.243 e. The molecule has 0 atom stereocenters. The van der Waals surface area contributed by atoms with Crippen LogP contribution in [0.15, 0.2) is 41.4 Å². The predicted molar refractivity (Wildman–Crippen MR) is 114 cm³/mol. The van der Waals surface area contributed by atoms with Gasteiger partial charge >= 0.3 is 0 Å². The van der Waals surface area contributed by atoms with Crippen LogP contribution in [0.25, 0.3) is 0 Å². The first-order valence-corrected chi connectivity index (χ1v) is 11.5. The Balaban J connectivity index is 2.17. The number of hydrogen-bond acceptors (Lipinski definition) is 4. The van der Waals surface area contributed by atoms with Crippen LogP contribution in [-0.4, -0.2) is 49.3 Å². The van der Waals surface area contributed by atoms with E-state index >= 15 is 0 Å². The van der Waals surface area contributed by atoms with Gasteiger partial charge in [0.15, 0.2) is 0 Å². The number of aromatic nitrogens is 2. The van der Waals surface area contributed by atoms with Crippen molar-refractivity contribution in [1.29, 1.82) is 0 Å². The molecular formula is C21H34N4O2S. The fourth-order valence-electron chi connectivity index (χ4n) is 3.10. The SMILES string of the molecule is CCN(CC)CCCNS(=O)(=O)c1cn(Cc2ccccc2)nc1C(C)(C)C. The molecule has 0 aliphatic carbocycles. The van der Waals surface area contributed by atoms with E-state index in [9.17, 15) is 8.42 Å². The van der Waals surface area contributed by atoms with Gasteiger partial charge in [-0.2, -0.15) is 5.10 Å². The summed E-state index contributed by atoms with van der Waals surface area (Å²) in [5, 5.41) is 4.62. The Morgan fingerprint density at radius 2 is 1.75 bits per heavy atom. The number of nitrogens with zero attached hydrogens (tertiary/aromatic N) is 3. The summed E-state index contributed by atoms with van der Waals surface area (Å²) in [6.07, 6.45) is 2.43. The Kier molecular flexibility index (Phi) is 7.80. The first-order chi connectivity index (χ1) is 13.2. The number of benzene rings is 1. The molecule has 0 saturated carbocycles. The molecule has 0 aliphatic rings. The molecule has 0 spiro atoms. The van der Waals surface area contributed by atoms with Gasteiger partial charge < -0.3 is 4.90 Å². The van der Waals surface area contributed by atoms with Gasteiger partial charge in [-0.15, -0.1) is 0 Å². The zero-order valence-corrected chi connectivity index (χ0v) is 18.6. The molecular weight excluding hydrogens is 372 g/mol. The van der Waals surface area contributed by atoms with Gasteiger partial charge in [0, 0.05) is 18.2 Å². The molecule has 6 nitrogen and oxygen atoms in total. The molecule has 28 heavy (non-hydrogen) atoms. The lowest BCUT2D eigenvalue weighted by Crippen LogP contribution is -2.31. The second-order valence-corrected chi connectivity index (χ2v) is 9.79. The van der Waals surface area contributed by atoms with E-state index in [0.717, 1.165) is 31.6 Å². The highest BCUT2D eigenvalue weighted by Gasteiger charge is 2.29. The van der Waals surface area contributed by atoms with Crippen molar-refractivity contribution in [2.45, 2.75) is 57.9 Å². The number of hydrogen-bond donors (Lipinski definition) is 1. The van der Waals surface area contributed by atoms with Crippen molar-refractivity contribution in [3.8, 4) is 0 Å². The molecule has 2 aromatic rings. The Hall–Kier alpha value is -1.70. The van der Waals surface area contributed by atoms with E-state index in [1.807, 2.05) is 51.1 Å². The van der Waals surface area contributed by atoms with Crippen molar-refractivity contribution in [2.75, 3.05) is 26.2 Å². The second kappa shape index (κ2) is 9.67. The van der Waals surface area contributed by atoms with Gasteiger partial charge in [0.05, 0.1) is 12.2 Å². The molecule has 0 bridgehead atoms. The van der Waals surface area contributed by atoms with Crippen molar-refractivity contribution in [3.63, 3.8) is 0 Å². The van der Waals surface area contributed by atoms with Gasteiger partial charge in [-0.05, 0) is 31.6 Å². The summed E-state index contributed by atoms with van der Waals surface area (Å²) in [5.41, 5.74) is 1.31. The molecule has 0 fully saturated rings. The predicted octanol–water partition coefficient (Wildman–Crippen LogP) is 3.24. The zero-order valence-electron chi connectivity index (χ0n) is 17.8. The van der Waals surface area contributed by atoms with Crippen LogP contribution in [0.2, 0.25) is 0 Å². The Morgan fingerprint density at radius 1 is 1.11 bits per heavy atom. The Labute approximate surface area is 170 Å². The number of nitrogens with one attached hydrogen (secondary N) is 1. The lowest BCUT2D eigenvalue weighted by atomic mass is 9.92. The lowest BCUT2D eigenvalue weighted by Gasteiger charge is -2.19. The summed E-state index contributed by atoms with van der Waals surface area (Å²) in [6, 6.07) is 9.93. The molecule has 1 aromatic heterocycles. The first-order valence-electron chi connectivity index (χ1n) is 10.0. The van der Waals surface area contributed by atoms with Crippen LogP contribution in [0, 0.1) is 0 Å². The highest BCUT2D eigenvalue weighted by atomic mass is 32.2. The average molecular weight is 407 g/mol. The Bertz CT molecular complexity index is 835. The molecule has 0 amide bonds. The third-order valence-corrected chi connectivity index (χ3v) is 6.22. The lowest BCUT2D eigenvalue weighted by molar-refractivity contribution is 0.300. The normalized spacial score (nSPS) is 12.6. The largest absolute Gasteiger partial charge is 0.304 e. The molecule has 0 unspecified atom stereocenters. The van der Waals surface area contributed by atoms with Crippen LogP contribution >= 0.6 is 0 Å². The maximum absolute atomic E-state index is 13.0. The first kappa shape index (κ1) is 22.6. The highest BCUT2D eigenvalue weighted by Crippen LogP contribution is 2.27. The van der Waals surface area contributed by atoms with Gasteiger partial charge in [0.25, 0.3) is 0 Å². The molecule has 1 aromatic carbocycles. The van der Waals surface area contributed by atoms with Crippen LogP contribution in [0.3, 0.4) is 0 Å². The third kappa shape index (κ3) is 6.15. The zero-order chi connectivity index (χ0) is 20.8. The summed E-state index contributed by atoms with van der Waals surface area (Å²) in [6.45, 7) is 14.0. The van der Waals surface area contributed by atoms with Gasteiger partial charge in [0.1, 0.15) is 4.90 Å². The average Bonchev–Trinajstić information content (AvgIpc) is 3.08. The topological polar surface area (TPSA) is 67.2 Å². The molecule has 0 aliphatic heterocycles. The summed E-state index contributed by atoms with van der Waals surface area (Å²) in [5.74, 6) is 0. The standard InChI is InChI=1S/C21H34N4O2S/c1-6-24(7-2)15-11-14-22-28(26,27)19-17-25(23-20(19)21(3,4)5)16-18-12-9-8-10-13-18/h8-10,12-13,17,22H,6-7,11,14-16H2,1-5H3. The maximum Gasteiger partial charge on any atom is 0.243 e. The van der Waals surface area contributed by atoms with Crippen LogP contribution in [0.5, 0.6) is 0 Å².